The highest BCUT2D eigenvalue weighted by molar-refractivity contribution is 6.77. The molecule has 0 radical (unpaired) electrons. The monoisotopic (exact) mass is 424 g/mol. The summed E-state index contributed by atoms with van der Waals surface area (Å²) in [6.07, 6.45) is 2.12. The van der Waals surface area contributed by atoms with Gasteiger partial charge in [-0.15, -0.1) is 0 Å². The van der Waals surface area contributed by atoms with Gasteiger partial charge in [-0.1, -0.05) is 108 Å². The third kappa shape index (κ3) is 5.93. The fraction of sp³-hybridized carbons (Fsp3) is 0.481. The third-order valence-electron chi connectivity index (χ3n) is 6.38. The van der Waals surface area contributed by atoms with E-state index in [9.17, 15) is 5.11 Å². The minimum atomic E-state index is -2.09. The summed E-state index contributed by atoms with van der Waals surface area (Å²) >= 11 is 0. The van der Waals surface area contributed by atoms with Crippen molar-refractivity contribution in [2.75, 3.05) is 0 Å². The van der Waals surface area contributed by atoms with Crippen molar-refractivity contribution < 1.29 is 9.53 Å². The molecule has 30 heavy (non-hydrogen) atoms. The highest BCUT2D eigenvalue weighted by atomic mass is 28.4. The van der Waals surface area contributed by atoms with Gasteiger partial charge in [0.05, 0.1) is 12.2 Å². The molecule has 0 amide bonds. The Morgan fingerprint density at radius 2 is 1.30 bits per heavy atom. The average Bonchev–Trinajstić information content (AvgIpc) is 2.71. The van der Waals surface area contributed by atoms with Gasteiger partial charge in [-0.05, 0) is 40.2 Å². The zero-order chi connectivity index (χ0) is 22.3. The molecule has 0 aliphatic rings. The van der Waals surface area contributed by atoms with Crippen LogP contribution in [0.3, 0.4) is 0 Å². The second-order valence-corrected chi connectivity index (χ2v) is 14.8. The molecule has 0 heterocycles. The molecule has 0 spiro atoms. The zero-order valence-corrected chi connectivity index (χ0v) is 20.8. The van der Waals surface area contributed by atoms with E-state index in [-0.39, 0.29) is 6.10 Å². The van der Waals surface area contributed by atoms with Crippen molar-refractivity contribution in [1.29, 1.82) is 0 Å². The molecule has 0 aromatic heterocycles. The predicted molar refractivity (Wildman–Crippen MR) is 132 cm³/mol. The molecule has 3 heteroatoms. The molecular formula is C27H40O2Si. The van der Waals surface area contributed by atoms with Gasteiger partial charge in [-0.3, -0.25) is 0 Å². The fourth-order valence-corrected chi connectivity index (χ4v) is 10.5. The molecule has 164 valence electrons. The van der Waals surface area contributed by atoms with Crippen molar-refractivity contribution in [2.24, 2.45) is 0 Å². The Morgan fingerprint density at radius 1 is 0.833 bits per heavy atom. The van der Waals surface area contributed by atoms with Crippen molar-refractivity contribution in [2.45, 2.75) is 83.7 Å². The standard InChI is InChI=1S/C27H40O2Si/c1-20(2)30(21(3)4,22(5)6)29-27(19-26(28)25-16-12-9-13-17-25)23(7)18-24-14-10-8-11-15-24/h8-18,20-22,26-28H,19H2,1-7H3/b23-18+/t26-,27-/m1/s1. The first-order valence-electron chi connectivity index (χ1n) is 11.3. The Bertz CT molecular complexity index is 759. The second-order valence-electron chi connectivity index (χ2n) is 9.39. The van der Waals surface area contributed by atoms with Gasteiger partial charge < -0.3 is 9.53 Å². The van der Waals surface area contributed by atoms with Crippen LogP contribution >= 0.6 is 0 Å². The molecule has 2 aromatic carbocycles. The molecule has 2 nitrogen and oxygen atoms in total. The first kappa shape index (κ1) is 24.6. The smallest absolute Gasteiger partial charge is 0.201 e. The molecule has 0 unspecified atom stereocenters. The number of aliphatic hydroxyl groups excluding tert-OH is 1. The topological polar surface area (TPSA) is 29.5 Å². The molecule has 2 aromatic rings. The van der Waals surface area contributed by atoms with Gasteiger partial charge in [-0.25, -0.2) is 0 Å². The number of benzene rings is 2. The van der Waals surface area contributed by atoms with Crippen LogP contribution in [-0.4, -0.2) is 19.5 Å². The second kappa shape index (κ2) is 11.1. The summed E-state index contributed by atoms with van der Waals surface area (Å²) in [5.41, 5.74) is 4.79. The largest absolute Gasteiger partial charge is 0.409 e. The highest BCUT2D eigenvalue weighted by Gasteiger charge is 2.47. The minimum Gasteiger partial charge on any atom is -0.409 e. The van der Waals surface area contributed by atoms with Crippen LogP contribution in [0.15, 0.2) is 66.2 Å². The van der Waals surface area contributed by atoms with Crippen molar-refractivity contribution in [3.8, 4) is 0 Å². The molecule has 0 saturated heterocycles. The molecule has 2 atom stereocenters. The zero-order valence-electron chi connectivity index (χ0n) is 19.8. The Labute approximate surface area is 185 Å². The Morgan fingerprint density at radius 3 is 1.77 bits per heavy atom. The lowest BCUT2D eigenvalue weighted by Crippen LogP contribution is -2.50. The fourth-order valence-electron chi connectivity index (χ4n) is 4.90. The maximum absolute atomic E-state index is 11.0. The molecule has 0 bridgehead atoms. The summed E-state index contributed by atoms with van der Waals surface area (Å²) in [5, 5.41) is 11.0. The van der Waals surface area contributed by atoms with Gasteiger partial charge in [0, 0.05) is 6.42 Å². The van der Waals surface area contributed by atoms with Crippen LogP contribution in [0.2, 0.25) is 16.6 Å². The van der Waals surface area contributed by atoms with Gasteiger partial charge in [0.2, 0.25) is 8.32 Å². The SMILES string of the molecule is C/C(=C\c1ccccc1)[C@@H](C[C@@H](O)c1ccccc1)O[Si](C(C)C)(C(C)C)C(C)C. The quantitative estimate of drug-likeness (QED) is 0.395. The van der Waals surface area contributed by atoms with Crippen LogP contribution in [-0.2, 0) is 4.43 Å². The van der Waals surface area contributed by atoms with Crippen LogP contribution in [0.5, 0.6) is 0 Å². The molecule has 0 fully saturated rings. The van der Waals surface area contributed by atoms with Crippen molar-refractivity contribution in [1.82, 2.24) is 0 Å². The number of aliphatic hydroxyl groups is 1. The Hall–Kier alpha value is -1.68. The first-order valence-corrected chi connectivity index (χ1v) is 13.5. The molecule has 2 rings (SSSR count). The van der Waals surface area contributed by atoms with Crippen molar-refractivity contribution in [3.63, 3.8) is 0 Å². The maximum atomic E-state index is 11.0. The number of hydrogen-bond acceptors (Lipinski definition) is 2. The molecule has 0 aliphatic heterocycles. The molecule has 0 saturated carbocycles. The van der Waals surface area contributed by atoms with E-state index in [4.69, 9.17) is 4.43 Å². The summed E-state index contributed by atoms with van der Waals surface area (Å²) in [4.78, 5) is 0. The third-order valence-corrected chi connectivity index (χ3v) is 12.5. The number of rotatable bonds is 10. The minimum absolute atomic E-state index is 0.112. The lowest BCUT2D eigenvalue weighted by atomic mass is 9.98. The lowest BCUT2D eigenvalue weighted by Gasteiger charge is -2.45. The average molecular weight is 425 g/mol. The highest BCUT2D eigenvalue weighted by Crippen LogP contribution is 2.44. The summed E-state index contributed by atoms with van der Waals surface area (Å²) in [7, 11) is -2.09. The lowest BCUT2D eigenvalue weighted by molar-refractivity contribution is 0.101. The van der Waals surface area contributed by atoms with Crippen LogP contribution in [0, 0.1) is 0 Å². The van der Waals surface area contributed by atoms with E-state index in [0.717, 1.165) is 5.56 Å². The molecule has 0 aliphatic carbocycles. The summed E-state index contributed by atoms with van der Waals surface area (Å²) in [6, 6.07) is 20.3. The Kier molecular flexibility index (Phi) is 9.08. The summed E-state index contributed by atoms with van der Waals surface area (Å²) in [5.74, 6) is 0. The summed E-state index contributed by atoms with van der Waals surface area (Å²) in [6.45, 7) is 16.0. The van der Waals surface area contributed by atoms with Gasteiger partial charge in [0.1, 0.15) is 0 Å². The van der Waals surface area contributed by atoms with Crippen LogP contribution in [0.25, 0.3) is 6.08 Å². The van der Waals surface area contributed by atoms with E-state index in [1.54, 1.807) is 0 Å². The first-order chi connectivity index (χ1) is 14.2. The van der Waals surface area contributed by atoms with Gasteiger partial charge in [0.15, 0.2) is 0 Å². The van der Waals surface area contributed by atoms with Gasteiger partial charge in [-0.2, -0.15) is 0 Å². The van der Waals surface area contributed by atoms with Crippen LogP contribution in [0.4, 0.5) is 0 Å². The van der Waals surface area contributed by atoms with Gasteiger partial charge in [0.25, 0.3) is 0 Å². The van der Waals surface area contributed by atoms with Crippen LogP contribution < -0.4 is 0 Å². The van der Waals surface area contributed by atoms with E-state index in [1.165, 1.54) is 11.1 Å². The Balaban J connectivity index is 2.42. The van der Waals surface area contributed by atoms with Crippen molar-refractivity contribution >= 4 is 14.4 Å². The van der Waals surface area contributed by atoms with E-state index in [0.29, 0.717) is 23.0 Å². The van der Waals surface area contributed by atoms with E-state index < -0.39 is 14.4 Å². The molecule has 1 N–H and O–H groups in total. The van der Waals surface area contributed by atoms with E-state index >= 15 is 0 Å². The van der Waals surface area contributed by atoms with E-state index in [1.807, 2.05) is 36.4 Å². The van der Waals surface area contributed by atoms with E-state index in [2.05, 4.69) is 78.8 Å². The van der Waals surface area contributed by atoms with Crippen LogP contribution in [0.1, 0.15) is 72.1 Å². The maximum Gasteiger partial charge on any atom is 0.201 e. The molecular weight excluding hydrogens is 384 g/mol. The van der Waals surface area contributed by atoms with Gasteiger partial charge >= 0.3 is 0 Å². The summed E-state index contributed by atoms with van der Waals surface area (Å²) < 4.78 is 7.16. The number of hydrogen-bond donors (Lipinski definition) is 1. The normalized spacial score (nSPS) is 15.1. The predicted octanol–water partition coefficient (Wildman–Crippen LogP) is 7.77. The van der Waals surface area contributed by atoms with Crippen molar-refractivity contribution in [3.05, 3.63) is 77.4 Å².